The summed E-state index contributed by atoms with van der Waals surface area (Å²) in [4.78, 5) is 79.9. The second kappa shape index (κ2) is 39.1. The van der Waals surface area contributed by atoms with Crippen molar-refractivity contribution in [3.63, 3.8) is 0 Å². The van der Waals surface area contributed by atoms with E-state index in [1.54, 1.807) is 92.5 Å². The molecule has 1 aliphatic rings. The number of alkyl halides is 3. The average Bonchev–Trinajstić information content (AvgIpc) is 1.60. The number of aryl methyl sites for hydroxylation is 3. The van der Waals surface area contributed by atoms with Crippen molar-refractivity contribution in [1.82, 2.24) is 73.6 Å². The molecule has 18 aromatic rings. The van der Waals surface area contributed by atoms with Crippen LogP contribution in [0.5, 0.6) is 52.1 Å². The first-order valence-electron chi connectivity index (χ1n) is 42.5. The smallest absolute Gasteiger partial charge is 0.422 e. The Bertz CT molecular complexity index is 7460. The molecule has 9 aromatic heterocycles. The van der Waals surface area contributed by atoms with Gasteiger partial charge in [0.15, 0.2) is 41.3 Å². The Balaban J connectivity index is 0.000000142. The van der Waals surface area contributed by atoms with Gasteiger partial charge >= 0.3 is 6.18 Å². The molecule has 0 unspecified atom stereocenters. The fourth-order valence-electron chi connectivity index (χ4n) is 14.8. The maximum atomic E-state index is 15.4. The molecule has 1 aliphatic carbocycles. The Morgan fingerprint density at radius 1 is 0.401 bits per heavy atom. The summed E-state index contributed by atoms with van der Waals surface area (Å²) in [5.74, 6) is -5.72. The number of H-pyrrole nitrogens is 3. The molecule has 0 saturated heterocycles. The fourth-order valence-corrected chi connectivity index (χ4v) is 14.8. The van der Waals surface area contributed by atoms with Crippen LogP contribution in [-0.2, 0) is 19.6 Å². The molecule has 0 atom stereocenters. The van der Waals surface area contributed by atoms with Crippen LogP contribution in [0.15, 0.2) is 270 Å². The molecule has 9 heterocycles. The number of nitrogens with zero attached hydrogens (tertiary/aromatic N) is 12. The lowest BCUT2D eigenvalue weighted by Gasteiger charge is -2.17. The number of fused-ring (bicyclic) bond motifs is 3. The lowest BCUT2D eigenvalue weighted by molar-refractivity contribution is -0.154. The number of carbonyl (C=O) groups is 3. The van der Waals surface area contributed by atoms with Gasteiger partial charge in [0.1, 0.15) is 57.5 Å². The first kappa shape index (κ1) is 91.3. The number of hydrogen-bond acceptors (Lipinski definition) is 18. The van der Waals surface area contributed by atoms with Crippen molar-refractivity contribution in [2.75, 3.05) is 22.6 Å². The topological polar surface area (TPSA) is 348 Å². The molecule has 9 aromatic carbocycles. The van der Waals surface area contributed by atoms with Crippen molar-refractivity contribution in [1.29, 1.82) is 0 Å². The van der Waals surface area contributed by atoms with Gasteiger partial charge in [0.2, 0.25) is 17.6 Å². The highest BCUT2D eigenvalue weighted by molar-refractivity contribution is 6.06. The second-order valence-electron chi connectivity index (χ2n) is 31.2. The number of nitrogens with one attached hydrogen (secondary N) is 6. The molecule has 19 rings (SSSR count). The number of ether oxygens (including phenoxy) is 6. The van der Waals surface area contributed by atoms with Crippen molar-refractivity contribution >= 4 is 67.5 Å². The molecule has 694 valence electrons. The largest absolute Gasteiger partial charge is 0.476 e. The van der Waals surface area contributed by atoms with Gasteiger partial charge in [-0.05, 0) is 229 Å². The van der Waals surface area contributed by atoms with E-state index in [-0.39, 0.29) is 75.1 Å². The molecular weight excluding hydrogens is 1790 g/mol. The molecule has 0 radical (unpaired) electrons. The number of rotatable bonds is 27. The third-order valence-corrected chi connectivity index (χ3v) is 21.5. The molecular formula is C98H77F9N18O12. The number of carbonyl (C=O) groups excluding carboxylic acids is 3. The van der Waals surface area contributed by atoms with Crippen LogP contribution in [-0.4, -0.2) is 116 Å². The highest BCUT2D eigenvalue weighted by atomic mass is 19.4. The monoisotopic (exact) mass is 1870 g/mol. The molecule has 0 bridgehead atoms. The zero-order valence-electron chi connectivity index (χ0n) is 72.8. The first-order chi connectivity index (χ1) is 66.1. The quantitative estimate of drug-likeness (QED) is 0.0260. The van der Waals surface area contributed by atoms with Gasteiger partial charge in [-0.15, -0.1) is 0 Å². The minimum Gasteiger partial charge on any atom is -0.476 e. The summed E-state index contributed by atoms with van der Waals surface area (Å²) in [6.07, 6.45) is 11.8. The maximum Gasteiger partial charge on any atom is 0.422 e. The van der Waals surface area contributed by atoms with Crippen molar-refractivity contribution in [2.24, 2.45) is 0 Å². The Morgan fingerprint density at radius 3 is 1.02 bits per heavy atom. The van der Waals surface area contributed by atoms with Crippen LogP contribution in [0.25, 0.3) is 83.2 Å². The van der Waals surface area contributed by atoms with E-state index in [0.29, 0.717) is 75.1 Å². The summed E-state index contributed by atoms with van der Waals surface area (Å²) < 4.78 is 168. The Hall–Kier alpha value is -17.6. The van der Waals surface area contributed by atoms with Gasteiger partial charge in [-0.3, -0.25) is 58.1 Å². The van der Waals surface area contributed by atoms with Gasteiger partial charge in [-0.1, -0.05) is 0 Å². The van der Waals surface area contributed by atoms with Gasteiger partial charge in [0.05, 0.1) is 76.9 Å². The maximum absolute atomic E-state index is 15.4. The molecule has 137 heavy (non-hydrogen) atoms. The number of halogens is 9. The molecule has 3 amide bonds. The summed E-state index contributed by atoms with van der Waals surface area (Å²) in [5, 5.41) is 43.5. The third kappa shape index (κ3) is 20.3. The number of pyridine rings is 3. The van der Waals surface area contributed by atoms with Crippen molar-refractivity contribution in [2.45, 2.75) is 85.5 Å². The van der Waals surface area contributed by atoms with E-state index in [1.807, 2.05) is 48.3 Å². The Kier molecular flexibility index (Phi) is 26.1. The number of anilines is 3. The summed E-state index contributed by atoms with van der Waals surface area (Å²) in [6, 6.07) is 45.0. The molecule has 0 spiro atoms. The van der Waals surface area contributed by atoms with Crippen LogP contribution in [0, 0.1) is 34.9 Å². The summed E-state index contributed by atoms with van der Waals surface area (Å²) >= 11 is 0. The van der Waals surface area contributed by atoms with Crippen LogP contribution >= 0.6 is 0 Å². The highest BCUT2D eigenvalue weighted by Gasteiger charge is 2.32. The Morgan fingerprint density at radius 2 is 0.723 bits per heavy atom. The summed E-state index contributed by atoms with van der Waals surface area (Å²) in [6.45, 7) is 9.77. The van der Waals surface area contributed by atoms with Gasteiger partial charge in [0, 0.05) is 123 Å². The van der Waals surface area contributed by atoms with Crippen molar-refractivity contribution < 1.29 is 82.3 Å². The third-order valence-electron chi connectivity index (χ3n) is 21.5. The van der Waals surface area contributed by atoms with Crippen LogP contribution in [0.4, 0.5) is 56.6 Å². The number of hydrogen-bond donors (Lipinski definition) is 6. The molecule has 1 saturated carbocycles. The van der Waals surface area contributed by atoms with Gasteiger partial charge in [-0.2, -0.15) is 43.8 Å². The first-order valence-corrected chi connectivity index (χ1v) is 42.5. The number of amides is 3. The van der Waals surface area contributed by atoms with E-state index in [4.69, 9.17) is 28.4 Å². The lowest BCUT2D eigenvalue weighted by atomic mass is 10.1. The van der Waals surface area contributed by atoms with E-state index in [2.05, 4.69) is 61.8 Å². The zero-order chi connectivity index (χ0) is 96.0. The normalized spacial score (nSPS) is 11.8. The van der Waals surface area contributed by atoms with Crippen LogP contribution in [0.1, 0.15) is 78.5 Å². The molecule has 6 N–H and O–H groups in total. The molecule has 0 aliphatic heterocycles. The van der Waals surface area contributed by atoms with E-state index in [0.717, 1.165) is 111 Å². The second-order valence-corrected chi connectivity index (χ2v) is 31.2. The molecule has 39 heteroatoms. The number of aromatic nitrogens is 15. The molecule has 1 fully saturated rings. The summed E-state index contributed by atoms with van der Waals surface area (Å²) in [5.41, 5.74) is 4.27. The van der Waals surface area contributed by atoms with E-state index in [9.17, 15) is 55.1 Å². The minimum atomic E-state index is -4.72. The van der Waals surface area contributed by atoms with Gasteiger partial charge < -0.3 is 44.4 Å². The van der Waals surface area contributed by atoms with E-state index >= 15 is 13.2 Å². The number of aromatic amines is 3. The predicted molar refractivity (Wildman–Crippen MR) is 489 cm³/mol. The zero-order valence-corrected chi connectivity index (χ0v) is 72.8. The molecule has 30 nitrogen and oxygen atoms in total. The van der Waals surface area contributed by atoms with E-state index in [1.165, 1.54) is 118 Å². The SMILES string of the molecule is CCn1ncc2cc(Oc3ccc(NC(=O)c4ccc(OC(C)C)n(-c5ccc(F)cc5)c4=O)cc3F)c(-c3cn[nH]c3)cc21.CCn1ncc2cc(Oc3ccc(NC(=O)c4ccc(OC5CC5)n(-c5ccc(F)cc5)c4=O)cc3F)c(-c3cn[nH]c3)cc21.CCn1ncc2cc(Oc3ccc(NC(=O)c4ccc(OCC(F)(F)F)n(-c5ccc(F)cc5)c4=O)cc3F)c(-c3cn[nH]c3)cc21. The lowest BCUT2D eigenvalue weighted by Crippen LogP contribution is -2.30. The van der Waals surface area contributed by atoms with Crippen LogP contribution in [0.2, 0.25) is 0 Å². The average molecular weight is 1870 g/mol. The van der Waals surface area contributed by atoms with E-state index < -0.39 is 93.5 Å². The Labute approximate surface area is 769 Å². The summed E-state index contributed by atoms with van der Waals surface area (Å²) in [7, 11) is 0. The van der Waals surface area contributed by atoms with Crippen LogP contribution in [0.3, 0.4) is 0 Å². The van der Waals surface area contributed by atoms with Crippen LogP contribution < -0.4 is 61.0 Å². The highest BCUT2D eigenvalue weighted by Crippen LogP contribution is 2.43. The minimum absolute atomic E-state index is 0.0220. The number of benzene rings is 9. The van der Waals surface area contributed by atoms with Crippen molar-refractivity contribution in [3.8, 4) is 103 Å². The fraction of sp³-hybridized carbons (Fsp3) is 0.143. The van der Waals surface area contributed by atoms with Crippen molar-refractivity contribution in [3.05, 3.63) is 339 Å². The van der Waals surface area contributed by atoms with Gasteiger partial charge in [0.25, 0.3) is 34.4 Å². The standard InChI is InChI=1S/C33H26F2N6O4.C33H28F2N6O4.C32H23F5N6O4/c1-2-40-28-15-26(20-16-36-37-17-20)30(13-19(28)18-38-40)45-29-11-5-22(14-27(29)35)39-32(42)25-10-12-31(44-24-8-9-24)41(33(25)43)23-6-3-21(34)4-7-23;1-4-40-28-15-26(21-16-36-37-17-21)30(13-20(28)18-38-40)45-29-11-7-23(14-27(29)35)39-32(42)25-10-12-31(44-19(2)3)41(33(25)43)24-8-5-22(34)6-9-24;1-2-42-26-13-24(19-14-38-39-15-19)28(11-18(26)16-40-42)47-27-9-5-21(12-25(27)34)41-30(44)23-8-10-29(46-17-32(35,36)37)43(31(23)45)22-6-3-20(33)4-7-22/h3-7,10-18,24H,2,8-9H2,1H3,(H,36,37)(H,39,42);5-19H,4H2,1-3H3,(H,36,37)(H,39,42);3-16H,2,17H2,1H3,(H,38,39)(H,41,44). The predicted octanol–water partition coefficient (Wildman–Crippen LogP) is 20.0. The van der Waals surface area contributed by atoms with Gasteiger partial charge in [-0.25, -0.2) is 40.0 Å².